The van der Waals surface area contributed by atoms with Gasteiger partial charge in [0.1, 0.15) is 0 Å². The monoisotopic (exact) mass is 177 g/mol. The van der Waals surface area contributed by atoms with Crippen molar-refractivity contribution >= 4 is 10.0 Å². The molecule has 1 rings (SSSR count). The van der Waals surface area contributed by atoms with Gasteiger partial charge in [-0.15, -0.1) is 0 Å². The molecule has 0 radical (unpaired) electrons. The van der Waals surface area contributed by atoms with Crippen molar-refractivity contribution < 1.29 is 8.42 Å². The smallest absolute Gasteiger partial charge is 0.214 e. The van der Waals surface area contributed by atoms with Gasteiger partial charge in [-0.2, -0.15) is 0 Å². The van der Waals surface area contributed by atoms with E-state index in [1.807, 2.05) is 13.8 Å². The van der Waals surface area contributed by atoms with E-state index in [1.165, 1.54) is 0 Å². The first-order valence-electron chi connectivity index (χ1n) is 3.70. The van der Waals surface area contributed by atoms with Gasteiger partial charge < -0.3 is 0 Å². The van der Waals surface area contributed by atoms with E-state index in [9.17, 15) is 8.42 Å². The molecule has 0 aromatic carbocycles. The highest BCUT2D eigenvalue weighted by Crippen LogP contribution is 2.40. The van der Waals surface area contributed by atoms with Crippen LogP contribution in [0.25, 0.3) is 0 Å². The summed E-state index contributed by atoms with van der Waals surface area (Å²) in [5.74, 6) is 0. The second kappa shape index (κ2) is 1.98. The van der Waals surface area contributed by atoms with Crippen LogP contribution in [-0.4, -0.2) is 19.7 Å². The van der Waals surface area contributed by atoms with Crippen LogP contribution in [0.5, 0.6) is 0 Å². The van der Waals surface area contributed by atoms with Gasteiger partial charge >= 0.3 is 0 Å². The maximum absolute atomic E-state index is 11.4. The van der Waals surface area contributed by atoms with E-state index in [4.69, 9.17) is 0 Å². The Hall–Kier alpha value is -0.0900. The van der Waals surface area contributed by atoms with Gasteiger partial charge in [-0.05, 0) is 19.3 Å². The van der Waals surface area contributed by atoms with E-state index in [-0.39, 0.29) is 5.41 Å². The summed E-state index contributed by atoms with van der Waals surface area (Å²) in [5.41, 5.74) is -0.175. The summed E-state index contributed by atoms with van der Waals surface area (Å²) >= 11 is 0. The highest BCUT2D eigenvalue weighted by Gasteiger charge is 2.52. The Balaban J connectivity index is 3.21. The summed E-state index contributed by atoms with van der Waals surface area (Å²) in [7, 11) is -3.08. The molecule has 1 N–H and O–H groups in total. The van der Waals surface area contributed by atoms with Crippen LogP contribution in [0.4, 0.5) is 0 Å². The van der Waals surface area contributed by atoms with Crippen LogP contribution in [0, 0.1) is 5.41 Å². The Labute approximate surface area is 68.2 Å². The lowest BCUT2D eigenvalue weighted by atomic mass is 9.81. The average Bonchev–Trinajstić information content (AvgIpc) is 1.93. The van der Waals surface area contributed by atoms with Crippen molar-refractivity contribution in [2.45, 2.75) is 32.4 Å². The van der Waals surface area contributed by atoms with E-state index in [2.05, 4.69) is 4.72 Å². The predicted octanol–water partition coefficient (Wildman–Crippen LogP) is 0.724. The van der Waals surface area contributed by atoms with Crippen molar-refractivity contribution in [1.29, 1.82) is 0 Å². The molecule has 1 fully saturated rings. The first kappa shape index (κ1) is 9.00. The summed E-state index contributed by atoms with van der Waals surface area (Å²) in [6, 6.07) is 0. The van der Waals surface area contributed by atoms with Gasteiger partial charge in [0.2, 0.25) is 10.0 Å². The fourth-order valence-electron chi connectivity index (χ4n) is 1.03. The Bertz CT molecular complexity index is 264. The zero-order chi connectivity index (χ0) is 8.91. The van der Waals surface area contributed by atoms with Crippen LogP contribution < -0.4 is 4.72 Å². The van der Waals surface area contributed by atoms with Crippen molar-refractivity contribution in [3.8, 4) is 0 Å². The van der Waals surface area contributed by atoms with Crippen molar-refractivity contribution in [1.82, 2.24) is 4.72 Å². The molecule has 66 valence electrons. The van der Waals surface area contributed by atoms with Crippen LogP contribution in [0.2, 0.25) is 0 Å². The van der Waals surface area contributed by atoms with Gasteiger partial charge in [0, 0.05) is 6.54 Å². The molecule has 1 saturated heterocycles. The second-order valence-electron chi connectivity index (χ2n) is 4.22. The molecule has 1 aliphatic heterocycles. The molecule has 1 aliphatic rings. The van der Waals surface area contributed by atoms with E-state index < -0.39 is 14.8 Å². The molecule has 11 heavy (non-hydrogen) atoms. The fraction of sp³-hybridized carbons (Fsp3) is 1.00. The summed E-state index contributed by atoms with van der Waals surface area (Å²) in [4.78, 5) is 0. The van der Waals surface area contributed by atoms with Crippen LogP contribution in [0.1, 0.15) is 27.7 Å². The van der Waals surface area contributed by atoms with Gasteiger partial charge in [-0.3, -0.25) is 0 Å². The molecule has 4 heteroatoms. The van der Waals surface area contributed by atoms with Crippen LogP contribution in [0.3, 0.4) is 0 Å². The standard InChI is InChI=1S/C7H15NO2S/c1-6(2)5-8-11(9,10)7(6,3)4/h8H,5H2,1-4H3. The Morgan fingerprint density at radius 3 is 1.73 bits per heavy atom. The molecule has 0 saturated carbocycles. The number of nitrogens with one attached hydrogen (secondary N) is 1. The molecule has 0 atom stereocenters. The molecule has 1 heterocycles. The van der Waals surface area contributed by atoms with Crippen LogP contribution in [-0.2, 0) is 10.0 Å². The lowest BCUT2D eigenvalue weighted by Crippen LogP contribution is -2.40. The van der Waals surface area contributed by atoms with Gasteiger partial charge in [0.15, 0.2) is 0 Å². The van der Waals surface area contributed by atoms with Crippen molar-refractivity contribution in [2.75, 3.05) is 6.54 Å². The number of hydrogen-bond acceptors (Lipinski definition) is 2. The maximum Gasteiger partial charge on any atom is 0.217 e. The Morgan fingerprint density at radius 1 is 1.18 bits per heavy atom. The molecule has 0 amide bonds. The van der Waals surface area contributed by atoms with Gasteiger partial charge in [0.25, 0.3) is 0 Å². The van der Waals surface area contributed by atoms with E-state index in [1.54, 1.807) is 13.8 Å². The summed E-state index contributed by atoms with van der Waals surface area (Å²) in [6.45, 7) is 8.00. The largest absolute Gasteiger partial charge is 0.217 e. The molecule has 0 spiro atoms. The van der Waals surface area contributed by atoms with Gasteiger partial charge in [-0.1, -0.05) is 13.8 Å². The third-order valence-corrected chi connectivity index (χ3v) is 5.43. The predicted molar refractivity (Wildman–Crippen MR) is 44.8 cm³/mol. The topological polar surface area (TPSA) is 46.2 Å². The third kappa shape index (κ3) is 0.999. The minimum Gasteiger partial charge on any atom is -0.214 e. The highest BCUT2D eigenvalue weighted by atomic mass is 32.2. The van der Waals surface area contributed by atoms with E-state index in [0.29, 0.717) is 6.54 Å². The zero-order valence-electron chi connectivity index (χ0n) is 7.43. The van der Waals surface area contributed by atoms with Gasteiger partial charge in [-0.25, -0.2) is 13.1 Å². The first-order chi connectivity index (χ1) is 4.71. The lowest BCUT2D eigenvalue weighted by Gasteiger charge is -2.30. The summed E-state index contributed by atoms with van der Waals surface area (Å²) in [6.07, 6.45) is 0. The van der Waals surface area contributed by atoms with Crippen molar-refractivity contribution in [3.63, 3.8) is 0 Å². The number of rotatable bonds is 0. The minimum atomic E-state index is -3.08. The Morgan fingerprint density at radius 2 is 1.64 bits per heavy atom. The Kier molecular flexibility index (Phi) is 1.62. The van der Waals surface area contributed by atoms with Crippen LogP contribution in [0.15, 0.2) is 0 Å². The molecule has 3 nitrogen and oxygen atoms in total. The fourth-order valence-corrected chi connectivity index (χ4v) is 2.74. The first-order valence-corrected chi connectivity index (χ1v) is 5.18. The number of hydrogen-bond donors (Lipinski definition) is 1. The second-order valence-corrected chi connectivity index (χ2v) is 6.53. The highest BCUT2D eigenvalue weighted by molar-refractivity contribution is 7.91. The molecule has 0 aliphatic carbocycles. The van der Waals surface area contributed by atoms with Crippen molar-refractivity contribution in [3.05, 3.63) is 0 Å². The number of sulfonamides is 1. The average molecular weight is 177 g/mol. The van der Waals surface area contributed by atoms with E-state index in [0.717, 1.165) is 0 Å². The zero-order valence-corrected chi connectivity index (χ0v) is 8.25. The SMILES string of the molecule is CC1(C)CNS(=O)(=O)C1(C)C. The van der Waals surface area contributed by atoms with E-state index >= 15 is 0 Å². The normalized spacial score (nSPS) is 32.0. The summed E-state index contributed by atoms with van der Waals surface area (Å²) < 4.78 is 24.7. The van der Waals surface area contributed by atoms with Crippen molar-refractivity contribution in [2.24, 2.45) is 5.41 Å². The molecule has 0 unspecified atom stereocenters. The molecule has 0 bridgehead atoms. The molecular formula is C7H15NO2S. The molecule has 0 aromatic rings. The summed E-state index contributed by atoms with van der Waals surface area (Å²) in [5, 5.41) is 0. The maximum atomic E-state index is 11.4. The van der Waals surface area contributed by atoms with Crippen LogP contribution >= 0.6 is 0 Å². The molecule has 0 aromatic heterocycles. The van der Waals surface area contributed by atoms with Gasteiger partial charge in [0.05, 0.1) is 4.75 Å². The lowest BCUT2D eigenvalue weighted by molar-refractivity contribution is 0.305. The third-order valence-electron chi connectivity index (χ3n) is 3.01. The minimum absolute atomic E-state index is 0.175. The quantitative estimate of drug-likeness (QED) is 0.592. The molecular weight excluding hydrogens is 162 g/mol.